The van der Waals surface area contributed by atoms with Crippen LogP contribution < -0.4 is 4.74 Å². The van der Waals surface area contributed by atoms with E-state index in [2.05, 4.69) is 4.74 Å². The number of aliphatic hydroxyl groups excluding tert-OH is 1. The molecule has 0 bridgehead atoms. The van der Waals surface area contributed by atoms with Gasteiger partial charge in [-0.05, 0) is 19.1 Å². The van der Waals surface area contributed by atoms with E-state index in [1.54, 1.807) is 0 Å². The van der Waals surface area contributed by atoms with Gasteiger partial charge < -0.3 is 14.6 Å². The number of methoxy groups -OCH3 is 1. The van der Waals surface area contributed by atoms with Crippen molar-refractivity contribution in [2.24, 2.45) is 0 Å². The molecule has 1 aromatic rings. The summed E-state index contributed by atoms with van der Waals surface area (Å²) in [6.45, 7) is 1.20. The lowest BCUT2D eigenvalue weighted by molar-refractivity contribution is -0.147. The normalized spacial score (nSPS) is 20.4. The number of ether oxygens (including phenoxy) is 2. The molecule has 1 aromatic carbocycles. The van der Waals surface area contributed by atoms with Gasteiger partial charge in [-0.15, -0.1) is 0 Å². The van der Waals surface area contributed by atoms with Crippen molar-refractivity contribution in [1.82, 2.24) is 0 Å². The summed E-state index contributed by atoms with van der Waals surface area (Å²) >= 11 is 0. The molecule has 0 saturated heterocycles. The largest absolute Gasteiger partial charge is 0.501 e. The molecule has 0 spiro atoms. The van der Waals surface area contributed by atoms with E-state index >= 15 is 0 Å². The second kappa shape index (κ2) is 6.34. The second-order valence-electron chi connectivity index (χ2n) is 5.53. The summed E-state index contributed by atoms with van der Waals surface area (Å²) in [5.74, 6) is -5.25. The van der Waals surface area contributed by atoms with Crippen LogP contribution in [0.5, 0.6) is 5.75 Å². The van der Waals surface area contributed by atoms with Crippen LogP contribution in [0, 0.1) is 0 Å². The number of alkyl halides is 5. The summed E-state index contributed by atoms with van der Waals surface area (Å²) in [5, 5.41) is 9.70. The zero-order valence-corrected chi connectivity index (χ0v) is 14.1. The third kappa shape index (κ3) is 3.22. The number of hydrogen-bond acceptors (Lipinski definition) is 6. The molecule has 6 nitrogen and oxygen atoms in total. The molecule has 1 aliphatic carbocycles. The molecule has 0 aliphatic heterocycles. The van der Waals surface area contributed by atoms with Crippen molar-refractivity contribution in [3.05, 3.63) is 23.3 Å². The number of rotatable bonds is 4. The van der Waals surface area contributed by atoms with E-state index in [0.717, 1.165) is 13.2 Å². The summed E-state index contributed by atoms with van der Waals surface area (Å²) in [6, 6.07) is 1.14. The first-order valence-corrected chi connectivity index (χ1v) is 8.50. The molecule has 1 N–H and O–H groups in total. The first-order chi connectivity index (χ1) is 11.7. The van der Waals surface area contributed by atoms with Gasteiger partial charge in [-0.2, -0.15) is 13.2 Å². The third-order valence-corrected chi connectivity index (χ3v) is 5.34. The number of sulfone groups is 1. The summed E-state index contributed by atoms with van der Waals surface area (Å²) in [5.41, 5.74) is -7.47. The number of fused-ring (bicyclic) bond motifs is 1. The lowest BCUT2D eigenvalue weighted by Gasteiger charge is -2.19. The number of carbonyl (C=O) groups is 1. The Labute approximate surface area is 144 Å². The van der Waals surface area contributed by atoms with Crippen molar-refractivity contribution < 1.29 is 49.7 Å². The Morgan fingerprint density at radius 1 is 1.35 bits per heavy atom. The fourth-order valence-electron chi connectivity index (χ4n) is 2.52. The lowest BCUT2D eigenvalue weighted by atomic mass is 10.1. The van der Waals surface area contributed by atoms with Crippen LogP contribution in [0.4, 0.5) is 22.0 Å². The predicted molar refractivity (Wildman–Crippen MR) is 75.4 cm³/mol. The standard InChI is InChI=1S/C14H13F5O6S/c1-6(12(21)24-2)25-8-3-4-9(26(22,23)14(17,18)19)10-7(8)5-13(15,16)11(10)20/h3-4,6,11,20H,5H2,1-2H3. The molecule has 0 aromatic heterocycles. The van der Waals surface area contributed by atoms with Crippen molar-refractivity contribution in [3.8, 4) is 5.75 Å². The van der Waals surface area contributed by atoms with Crippen LogP contribution in [0.15, 0.2) is 17.0 Å². The van der Waals surface area contributed by atoms with Crippen molar-refractivity contribution in [3.63, 3.8) is 0 Å². The van der Waals surface area contributed by atoms with E-state index in [1.807, 2.05) is 0 Å². The zero-order valence-electron chi connectivity index (χ0n) is 13.3. The van der Waals surface area contributed by atoms with Gasteiger partial charge in [0.25, 0.3) is 15.8 Å². The first kappa shape index (κ1) is 20.4. The quantitative estimate of drug-likeness (QED) is 0.611. The fourth-order valence-corrected chi connectivity index (χ4v) is 3.54. The molecule has 0 radical (unpaired) electrons. The third-order valence-electron chi connectivity index (χ3n) is 3.79. The first-order valence-electron chi connectivity index (χ1n) is 7.01. The number of carbonyl (C=O) groups excluding carboxylic acids is 1. The summed E-state index contributed by atoms with van der Waals surface area (Å²) in [6.07, 6.45) is -5.34. The van der Waals surface area contributed by atoms with Gasteiger partial charge in [0.15, 0.2) is 6.10 Å². The maximum atomic E-state index is 13.9. The number of aliphatic hydroxyl groups is 1. The minimum atomic E-state index is -5.99. The molecule has 0 fully saturated rings. The topological polar surface area (TPSA) is 89.9 Å². The van der Waals surface area contributed by atoms with Crippen LogP contribution in [0.25, 0.3) is 0 Å². The molecule has 2 rings (SSSR count). The van der Waals surface area contributed by atoms with E-state index in [-0.39, 0.29) is 0 Å². The molecular formula is C14H13F5O6S. The van der Waals surface area contributed by atoms with Crippen LogP contribution in [0.1, 0.15) is 24.2 Å². The number of hydrogen-bond donors (Lipinski definition) is 1. The van der Waals surface area contributed by atoms with Crippen LogP contribution in [0.2, 0.25) is 0 Å². The molecule has 146 valence electrons. The van der Waals surface area contributed by atoms with Crippen LogP contribution >= 0.6 is 0 Å². The molecule has 2 atom stereocenters. The van der Waals surface area contributed by atoms with Gasteiger partial charge in [0.05, 0.1) is 12.0 Å². The summed E-state index contributed by atoms with van der Waals surface area (Å²) in [4.78, 5) is 9.89. The maximum absolute atomic E-state index is 13.9. The molecule has 0 saturated carbocycles. The highest BCUT2D eigenvalue weighted by Gasteiger charge is 2.55. The lowest BCUT2D eigenvalue weighted by Crippen LogP contribution is -2.27. The zero-order chi connectivity index (χ0) is 20.1. The van der Waals surface area contributed by atoms with E-state index in [4.69, 9.17) is 4.74 Å². The monoisotopic (exact) mass is 404 g/mol. The average molecular weight is 404 g/mol. The Bertz CT molecular complexity index is 833. The predicted octanol–water partition coefficient (Wildman–Crippen LogP) is 2.15. The molecule has 0 amide bonds. The van der Waals surface area contributed by atoms with Crippen molar-refractivity contribution in [1.29, 1.82) is 0 Å². The number of halogens is 5. The van der Waals surface area contributed by atoms with Gasteiger partial charge in [-0.25, -0.2) is 22.0 Å². The van der Waals surface area contributed by atoms with Gasteiger partial charge in [0.2, 0.25) is 0 Å². The summed E-state index contributed by atoms with van der Waals surface area (Å²) < 4.78 is 99.0. The van der Waals surface area contributed by atoms with E-state index in [9.17, 15) is 40.3 Å². The molecule has 26 heavy (non-hydrogen) atoms. The molecule has 12 heteroatoms. The highest BCUT2D eigenvalue weighted by molar-refractivity contribution is 7.92. The SMILES string of the molecule is COC(=O)C(C)Oc1ccc(S(=O)(=O)C(F)(F)F)c2c1CC(F)(F)C2O. The number of benzene rings is 1. The van der Waals surface area contributed by atoms with E-state index in [0.29, 0.717) is 6.07 Å². The van der Waals surface area contributed by atoms with Gasteiger partial charge in [0.1, 0.15) is 11.9 Å². The average Bonchev–Trinajstić information content (AvgIpc) is 2.76. The highest BCUT2D eigenvalue weighted by Crippen LogP contribution is 2.50. The van der Waals surface area contributed by atoms with Gasteiger partial charge in [-0.1, -0.05) is 0 Å². The van der Waals surface area contributed by atoms with Crippen molar-refractivity contribution in [2.75, 3.05) is 7.11 Å². The van der Waals surface area contributed by atoms with E-state index in [1.165, 1.54) is 6.92 Å². The van der Waals surface area contributed by atoms with Crippen LogP contribution in [-0.4, -0.2) is 44.1 Å². The Kier molecular flexibility index (Phi) is 4.96. The van der Waals surface area contributed by atoms with Crippen molar-refractivity contribution >= 4 is 15.8 Å². The van der Waals surface area contributed by atoms with Gasteiger partial charge in [-0.3, -0.25) is 0 Å². The minimum absolute atomic E-state index is 0.408. The fraction of sp³-hybridized carbons (Fsp3) is 0.500. The Morgan fingerprint density at radius 3 is 2.42 bits per heavy atom. The molecule has 2 unspecified atom stereocenters. The van der Waals surface area contributed by atoms with E-state index < -0.39 is 67.6 Å². The smallest absolute Gasteiger partial charge is 0.479 e. The Morgan fingerprint density at radius 2 is 1.92 bits per heavy atom. The minimum Gasteiger partial charge on any atom is -0.479 e. The summed E-state index contributed by atoms with van der Waals surface area (Å²) in [7, 11) is -4.96. The molecular weight excluding hydrogens is 391 g/mol. The van der Waals surface area contributed by atoms with Crippen LogP contribution in [-0.2, 0) is 25.8 Å². The molecule has 0 heterocycles. The van der Waals surface area contributed by atoms with Crippen molar-refractivity contribution in [2.45, 2.75) is 41.9 Å². The van der Waals surface area contributed by atoms with Gasteiger partial charge in [0, 0.05) is 17.5 Å². The molecule has 1 aliphatic rings. The van der Waals surface area contributed by atoms with Crippen LogP contribution in [0.3, 0.4) is 0 Å². The number of esters is 1. The highest BCUT2D eigenvalue weighted by atomic mass is 32.2. The Hall–Kier alpha value is -1.95. The Balaban J connectivity index is 2.65. The second-order valence-corrected chi connectivity index (χ2v) is 7.44. The maximum Gasteiger partial charge on any atom is 0.501 e. The van der Waals surface area contributed by atoms with Gasteiger partial charge >= 0.3 is 11.5 Å².